The molecule has 0 aromatic carbocycles. The van der Waals surface area contributed by atoms with E-state index in [1.54, 1.807) is 14.2 Å². The van der Waals surface area contributed by atoms with Crippen LogP contribution in [0.3, 0.4) is 0 Å². The van der Waals surface area contributed by atoms with Gasteiger partial charge in [-0.05, 0) is 0 Å². The Balaban J connectivity index is 2.74. The first-order chi connectivity index (χ1) is 6.81. The van der Waals surface area contributed by atoms with E-state index < -0.39 is 6.48 Å². The maximum absolute atomic E-state index is 5.49. The van der Waals surface area contributed by atoms with Crippen LogP contribution in [0.4, 0.5) is 0 Å². The van der Waals surface area contributed by atoms with E-state index in [9.17, 15) is 0 Å². The Morgan fingerprint density at radius 2 is 2.07 bits per heavy atom. The van der Waals surface area contributed by atoms with E-state index in [0.717, 1.165) is 17.6 Å². The molecule has 4 heteroatoms. The number of hydrogen-bond acceptors (Lipinski definition) is 3. The van der Waals surface area contributed by atoms with Gasteiger partial charge in [0, 0.05) is 0 Å². The molecular formula is C10H15BO3. The molecule has 76 valence electrons. The normalized spacial score (nSPS) is 10.3. The van der Waals surface area contributed by atoms with Crippen LogP contribution in [-0.4, -0.2) is 27.6 Å². The molecule has 0 aliphatic carbocycles. The Hall–Kier alpha value is -0.865. The zero-order valence-electron chi connectivity index (χ0n) is 8.82. The molecule has 1 heterocycles. The second kappa shape index (κ2) is 5.78. The predicted octanol–water partition coefficient (Wildman–Crippen LogP) is 1.54. The molecule has 0 aliphatic heterocycles. The first-order valence-electron chi connectivity index (χ1n) is 4.62. The van der Waals surface area contributed by atoms with Crippen molar-refractivity contribution in [1.82, 2.24) is 0 Å². The second-order valence-electron chi connectivity index (χ2n) is 2.84. The fourth-order valence-electron chi connectivity index (χ4n) is 1.21. The van der Waals surface area contributed by atoms with Crippen LogP contribution >= 0.6 is 0 Å². The van der Waals surface area contributed by atoms with Crippen LogP contribution in [0.25, 0.3) is 0 Å². The van der Waals surface area contributed by atoms with Crippen molar-refractivity contribution in [1.29, 1.82) is 0 Å². The van der Waals surface area contributed by atoms with Crippen LogP contribution < -0.4 is 4.74 Å². The topological polar surface area (TPSA) is 27.7 Å². The molecule has 0 aliphatic rings. The van der Waals surface area contributed by atoms with E-state index in [1.165, 1.54) is 0 Å². The molecule has 0 saturated heterocycles. The van der Waals surface area contributed by atoms with Gasteiger partial charge in [-0.2, -0.15) is 0 Å². The van der Waals surface area contributed by atoms with Gasteiger partial charge in [0.15, 0.2) is 0 Å². The minimum atomic E-state index is -0.636. The molecule has 0 unspecified atom stereocenters. The van der Waals surface area contributed by atoms with E-state index in [2.05, 4.69) is 6.92 Å². The van der Waals surface area contributed by atoms with Crippen LogP contribution in [0.15, 0.2) is 18.1 Å². The van der Waals surface area contributed by atoms with Gasteiger partial charge in [-0.3, -0.25) is 0 Å². The Morgan fingerprint density at radius 3 is 2.64 bits per heavy atom. The molecule has 1 aromatic heterocycles. The van der Waals surface area contributed by atoms with E-state index in [0.29, 0.717) is 0 Å². The summed E-state index contributed by atoms with van der Waals surface area (Å²) in [6.07, 6.45) is 0.927. The van der Waals surface area contributed by atoms with Gasteiger partial charge in [-0.15, -0.1) is 0 Å². The fourth-order valence-corrected chi connectivity index (χ4v) is 1.21. The van der Waals surface area contributed by atoms with Crippen molar-refractivity contribution in [3.05, 3.63) is 23.7 Å². The van der Waals surface area contributed by atoms with Crippen LogP contribution in [0, 0.1) is 0 Å². The average Bonchev–Trinajstić information content (AvgIpc) is 2.26. The SMILES string of the molecule is CCc1cccbc1OC(OC)OC. The number of ether oxygens (including phenoxy) is 3. The average molecular weight is 194 g/mol. The Labute approximate surface area is 85.2 Å². The molecule has 0 amide bonds. The van der Waals surface area contributed by atoms with Gasteiger partial charge in [0.1, 0.15) is 0 Å². The monoisotopic (exact) mass is 194 g/mol. The van der Waals surface area contributed by atoms with Crippen LogP contribution in [0.1, 0.15) is 12.5 Å². The van der Waals surface area contributed by atoms with Gasteiger partial charge < -0.3 is 0 Å². The number of aryl methyl sites for hydroxylation is 1. The van der Waals surface area contributed by atoms with Gasteiger partial charge in [0.25, 0.3) is 0 Å². The molecular weight excluding hydrogens is 179 g/mol. The van der Waals surface area contributed by atoms with E-state index in [-0.39, 0.29) is 0 Å². The fraction of sp³-hybridized carbons (Fsp3) is 0.500. The molecule has 0 N–H and O–H groups in total. The Bertz CT molecular complexity index is 274. The molecule has 0 fully saturated rings. The maximum atomic E-state index is 5.49. The second-order valence-corrected chi connectivity index (χ2v) is 2.84. The summed E-state index contributed by atoms with van der Waals surface area (Å²) in [5, 5.41) is 0. The van der Waals surface area contributed by atoms with Crippen molar-refractivity contribution in [2.24, 2.45) is 0 Å². The quantitative estimate of drug-likeness (QED) is 0.665. The zero-order chi connectivity index (χ0) is 10.4. The number of methoxy groups -OCH3 is 2. The number of rotatable bonds is 5. The molecule has 0 atom stereocenters. The third-order valence-electron chi connectivity index (χ3n) is 1.96. The van der Waals surface area contributed by atoms with Gasteiger partial charge in [-0.1, -0.05) is 0 Å². The third-order valence-corrected chi connectivity index (χ3v) is 1.96. The molecule has 0 bridgehead atoms. The predicted molar refractivity (Wildman–Crippen MR) is 55.6 cm³/mol. The molecule has 1 aromatic rings. The van der Waals surface area contributed by atoms with Gasteiger partial charge >= 0.3 is 84.5 Å². The summed E-state index contributed by atoms with van der Waals surface area (Å²) >= 11 is 0. The molecule has 1 rings (SSSR count). The summed E-state index contributed by atoms with van der Waals surface area (Å²) in [6.45, 7) is 3.35. The van der Waals surface area contributed by atoms with Crippen molar-refractivity contribution in [2.45, 2.75) is 19.8 Å². The summed E-state index contributed by atoms with van der Waals surface area (Å²) in [5.74, 6) is 1.93. The standard InChI is InChI=1S/C10H15BO3/c1-4-8-6-5-7-11-9(8)14-10(12-2)13-3/h5-7,10H,4H2,1-3H3. The molecule has 0 radical (unpaired) electrons. The van der Waals surface area contributed by atoms with Crippen molar-refractivity contribution in [3.63, 3.8) is 0 Å². The van der Waals surface area contributed by atoms with Crippen molar-refractivity contribution in [3.8, 4) is 5.64 Å². The van der Waals surface area contributed by atoms with Gasteiger partial charge in [-0.25, -0.2) is 0 Å². The summed E-state index contributed by atoms with van der Waals surface area (Å²) in [4.78, 5) is 0. The Morgan fingerprint density at radius 1 is 1.36 bits per heavy atom. The Kier molecular flexibility index (Phi) is 4.63. The zero-order valence-corrected chi connectivity index (χ0v) is 8.82. The molecule has 0 saturated carbocycles. The van der Waals surface area contributed by atoms with E-state index in [4.69, 9.17) is 14.2 Å². The molecule has 14 heavy (non-hydrogen) atoms. The third kappa shape index (κ3) is 2.82. The summed E-state index contributed by atoms with van der Waals surface area (Å²) in [7, 11) is 3.09. The van der Waals surface area contributed by atoms with E-state index in [1.807, 2.05) is 25.0 Å². The van der Waals surface area contributed by atoms with Crippen LogP contribution in [-0.2, 0) is 15.9 Å². The molecule has 0 spiro atoms. The van der Waals surface area contributed by atoms with Crippen molar-refractivity contribution >= 4 is 6.91 Å². The first-order valence-corrected chi connectivity index (χ1v) is 4.62. The first kappa shape index (κ1) is 11.2. The summed E-state index contributed by atoms with van der Waals surface area (Å²) in [6, 6.07) is 4.01. The van der Waals surface area contributed by atoms with Crippen LogP contribution in [0.5, 0.6) is 5.64 Å². The minimum absolute atomic E-state index is 0.636. The summed E-state index contributed by atoms with van der Waals surface area (Å²) in [5.41, 5.74) is 1.95. The van der Waals surface area contributed by atoms with Crippen molar-refractivity contribution in [2.75, 3.05) is 14.2 Å². The van der Waals surface area contributed by atoms with Crippen LogP contribution in [0.2, 0.25) is 0 Å². The number of hydrogen-bond donors (Lipinski definition) is 0. The molecule has 3 nitrogen and oxygen atoms in total. The van der Waals surface area contributed by atoms with Crippen molar-refractivity contribution < 1.29 is 14.2 Å². The van der Waals surface area contributed by atoms with Gasteiger partial charge in [0.2, 0.25) is 0 Å². The van der Waals surface area contributed by atoms with E-state index >= 15 is 0 Å². The summed E-state index contributed by atoms with van der Waals surface area (Å²) < 4.78 is 15.4. The van der Waals surface area contributed by atoms with Gasteiger partial charge in [0.05, 0.1) is 0 Å².